The number of aromatic nitrogens is 1. The number of rotatable bonds is 3. The SMILES string of the molecule is N#Cc1cccc(Nc2ccc(C3CC3N)cn2)c1. The lowest BCUT2D eigenvalue weighted by Crippen LogP contribution is -2.01. The molecule has 4 heteroatoms. The third kappa shape index (κ3) is 2.56. The van der Waals surface area contributed by atoms with E-state index in [1.54, 1.807) is 12.1 Å². The van der Waals surface area contributed by atoms with Crippen LogP contribution in [0.5, 0.6) is 0 Å². The average Bonchev–Trinajstić information content (AvgIpc) is 3.17. The predicted molar refractivity (Wildman–Crippen MR) is 74.0 cm³/mol. The molecule has 1 aromatic carbocycles. The van der Waals surface area contributed by atoms with E-state index in [1.807, 2.05) is 24.4 Å². The van der Waals surface area contributed by atoms with Crippen molar-refractivity contribution in [3.63, 3.8) is 0 Å². The lowest BCUT2D eigenvalue weighted by atomic mass is 10.2. The monoisotopic (exact) mass is 250 g/mol. The normalized spacial score (nSPS) is 20.6. The van der Waals surface area contributed by atoms with Crippen LogP contribution in [0.25, 0.3) is 0 Å². The summed E-state index contributed by atoms with van der Waals surface area (Å²) < 4.78 is 0. The molecule has 2 unspecified atom stereocenters. The molecule has 0 amide bonds. The lowest BCUT2D eigenvalue weighted by molar-refractivity contribution is 0.981. The van der Waals surface area contributed by atoms with Crippen molar-refractivity contribution in [1.29, 1.82) is 5.26 Å². The molecule has 0 saturated heterocycles. The van der Waals surface area contributed by atoms with Gasteiger partial charge in [0.25, 0.3) is 0 Å². The molecule has 1 heterocycles. The highest BCUT2D eigenvalue weighted by atomic mass is 15.0. The second-order valence-corrected chi connectivity index (χ2v) is 4.80. The van der Waals surface area contributed by atoms with Crippen molar-refractivity contribution >= 4 is 11.5 Å². The van der Waals surface area contributed by atoms with Gasteiger partial charge in [0, 0.05) is 23.8 Å². The van der Waals surface area contributed by atoms with Gasteiger partial charge in [-0.05, 0) is 36.2 Å². The van der Waals surface area contributed by atoms with Crippen LogP contribution in [0.4, 0.5) is 11.5 Å². The number of hydrogen-bond donors (Lipinski definition) is 2. The van der Waals surface area contributed by atoms with Crippen molar-refractivity contribution in [2.75, 3.05) is 5.32 Å². The molecule has 19 heavy (non-hydrogen) atoms. The Morgan fingerprint density at radius 1 is 1.32 bits per heavy atom. The van der Waals surface area contributed by atoms with Crippen molar-refractivity contribution in [3.05, 3.63) is 53.7 Å². The minimum absolute atomic E-state index is 0.299. The van der Waals surface area contributed by atoms with E-state index in [2.05, 4.69) is 22.4 Å². The fraction of sp³-hybridized carbons (Fsp3) is 0.200. The first-order valence-electron chi connectivity index (χ1n) is 6.25. The molecule has 0 bridgehead atoms. The van der Waals surface area contributed by atoms with Crippen LogP contribution in [0.3, 0.4) is 0 Å². The van der Waals surface area contributed by atoms with Crippen LogP contribution in [0.2, 0.25) is 0 Å². The predicted octanol–water partition coefficient (Wildman–Crippen LogP) is 2.51. The van der Waals surface area contributed by atoms with Gasteiger partial charge < -0.3 is 11.1 Å². The third-order valence-electron chi connectivity index (χ3n) is 3.32. The van der Waals surface area contributed by atoms with Crippen molar-refractivity contribution < 1.29 is 0 Å². The molecule has 0 spiro atoms. The van der Waals surface area contributed by atoms with Crippen molar-refractivity contribution in [1.82, 2.24) is 4.98 Å². The first kappa shape index (κ1) is 11.7. The first-order valence-corrected chi connectivity index (χ1v) is 6.25. The van der Waals surface area contributed by atoms with Crippen LogP contribution < -0.4 is 11.1 Å². The zero-order valence-corrected chi connectivity index (χ0v) is 10.4. The standard InChI is InChI=1S/C15H14N4/c16-8-10-2-1-3-12(6-10)19-15-5-4-11(9-18-15)13-7-14(13)17/h1-6,9,13-14H,7,17H2,(H,18,19). The summed E-state index contributed by atoms with van der Waals surface area (Å²) in [6.07, 6.45) is 2.92. The smallest absolute Gasteiger partial charge is 0.130 e. The molecule has 4 nitrogen and oxygen atoms in total. The maximum atomic E-state index is 8.85. The number of nitrogens with zero attached hydrogens (tertiary/aromatic N) is 2. The molecule has 1 saturated carbocycles. The van der Waals surface area contributed by atoms with Crippen LogP contribution in [0.1, 0.15) is 23.5 Å². The van der Waals surface area contributed by atoms with Crippen molar-refractivity contribution in [2.24, 2.45) is 5.73 Å². The maximum Gasteiger partial charge on any atom is 0.130 e. The number of hydrogen-bond acceptors (Lipinski definition) is 4. The van der Waals surface area contributed by atoms with Crippen molar-refractivity contribution in [2.45, 2.75) is 18.4 Å². The van der Waals surface area contributed by atoms with E-state index in [-0.39, 0.29) is 0 Å². The molecule has 0 radical (unpaired) electrons. The van der Waals surface area contributed by atoms with Crippen molar-refractivity contribution in [3.8, 4) is 6.07 Å². The van der Waals surface area contributed by atoms with E-state index in [9.17, 15) is 0 Å². The molecule has 94 valence electrons. The summed E-state index contributed by atoms with van der Waals surface area (Å²) in [4.78, 5) is 4.38. The molecule has 1 aliphatic rings. The average molecular weight is 250 g/mol. The van der Waals surface area contributed by atoms with Crippen LogP contribution in [-0.4, -0.2) is 11.0 Å². The Labute approximate surface area is 111 Å². The highest BCUT2D eigenvalue weighted by Gasteiger charge is 2.34. The summed E-state index contributed by atoms with van der Waals surface area (Å²) in [6, 6.07) is 13.7. The minimum Gasteiger partial charge on any atom is -0.340 e. The fourth-order valence-electron chi connectivity index (χ4n) is 2.11. The van der Waals surface area contributed by atoms with Crippen LogP contribution in [-0.2, 0) is 0 Å². The quantitative estimate of drug-likeness (QED) is 0.877. The van der Waals surface area contributed by atoms with Gasteiger partial charge in [-0.25, -0.2) is 4.98 Å². The van der Waals surface area contributed by atoms with Crippen LogP contribution in [0, 0.1) is 11.3 Å². The Bertz CT molecular complexity index is 627. The van der Waals surface area contributed by atoms with E-state index < -0.39 is 0 Å². The first-order chi connectivity index (χ1) is 9.26. The van der Waals surface area contributed by atoms with Gasteiger partial charge in [-0.2, -0.15) is 5.26 Å². The van der Waals surface area contributed by atoms with Crippen LogP contribution >= 0.6 is 0 Å². The van der Waals surface area contributed by atoms with E-state index in [1.165, 1.54) is 5.56 Å². The van der Waals surface area contributed by atoms with Gasteiger partial charge in [-0.15, -0.1) is 0 Å². The Balaban J connectivity index is 1.74. The van der Waals surface area contributed by atoms with Gasteiger partial charge in [-0.3, -0.25) is 0 Å². The number of nitrogens with two attached hydrogens (primary N) is 1. The second kappa shape index (κ2) is 4.71. The fourth-order valence-corrected chi connectivity index (χ4v) is 2.11. The highest BCUT2D eigenvalue weighted by Crippen LogP contribution is 2.38. The van der Waals surface area contributed by atoms with Crippen LogP contribution in [0.15, 0.2) is 42.6 Å². The minimum atomic E-state index is 0.299. The van der Waals surface area contributed by atoms with Gasteiger partial charge in [0.2, 0.25) is 0 Å². The molecular weight excluding hydrogens is 236 g/mol. The molecular formula is C15H14N4. The molecule has 2 atom stereocenters. The number of nitrogens with one attached hydrogen (secondary N) is 1. The molecule has 0 aliphatic heterocycles. The van der Waals surface area contributed by atoms with Gasteiger partial charge in [-0.1, -0.05) is 12.1 Å². The molecule has 3 rings (SSSR count). The van der Waals surface area contributed by atoms with Gasteiger partial charge >= 0.3 is 0 Å². The zero-order chi connectivity index (χ0) is 13.2. The summed E-state index contributed by atoms with van der Waals surface area (Å²) in [5.41, 5.74) is 8.51. The van der Waals surface area contributed by atoms with Gasteiger partial charge in [0.15, 0.2) is 0 Å². The highest BCUT2D eigenvalue weighted by molar-refractivity contribution is 5.58. The molecule has 1 aromatic heterocycles. The zero-order valence-electron chi connectivity index (χ0n) is 10.4. The summed E-state index contributed by atoms with van der Waals surface area (Å²) in [5.74, 6) is 1.25. The van der Waals surface area contributed by atoms with Gasteiger partial charge in [0.05, 0.1) is 11.6 Å². The Morgan fingerprint density at radius 3 is 2.79 bits per heavy atom. The summed E-state index contributed by atoms with van der Waals surface area (Å²) >= 11 is 0. The molecule has 1 aliphatic carbocycles. The van der Waals surface area contributed by atoms with E-state index in [4.69, 9.17) is 11.0 Å². The number of pyridine rings is 1. The number of anilines is 2. The Hall–Kier alpha value is -2.38. The largest absolute Gasteiger partial charge is 0.340 e. The molecule has 1 fully saturated rings. The topological polar surface area (TPSA) is 74.7 Å². The summed E-state index contributed by atoms with van der Waals surface area (Å²) in [5, 5.41) is 12.0. The number of nitriles is 1. The van der Waals surface area contributed by atoms with E-state index in [0.717, 1.165) is 17.9 Å². The molecule has 3 N–H and O–H groups in total. The third-order valence-corrected chi connectivity index (χ3v) is 3.32. The Morgan fingerprint density at radius 2 is 2.16 bits per heavy atom. The maximum absolute atomic E-state index is 8.85. The number of benzene rings is 1. The lowest BCUT2D eigenvalue weighted by Gasteiger charge is -2.06. The van der Waals surface area contributed by atoms with E-state index in [0.29, 0.717) is 17.5 Å². The second-order valence-electron chi connectivity index (χ2n) is 4.80. The summed E-state index contributed by atoms with van der Waals surface area (Å²) in [6.45, 7) is 0. The summed E-state index contributed by atoms with van der Waals surface area (Å²) in [7, 11) is 0. The van der Waals surface area contributed by atoms with Gasteiger partial charge in [0.1, 0.15) is 5.82 Å². The molecule has 2 aromatic rings. The Kier molecular flexibility index (Phi) is 2.90. The van der Waals surface area contributed by atoms with E-state index >= 15 is 0 Å².